The van der Waals surface area contributed by atoms with Gasteiger partial charge in [-0.25, -0.2) is 0 Å². The van der Waals surface area contributed by atoms with Gasteiger partial charge < -0.3 is 10.1 Å². The Bertz CT molecular complexity index is 512. The molecule has 96 valence electrons. The predicted molar refractivity (Wildman–Crippen MR) is 81.7 cm³/mol. The van der Waals surface area contributed by atoms with Crippen molar-refractivity contribution in [3.63, 3.8) is 0 Å². The van der Waals surface area contributed by atoms with Crippen LogP contribution in [-0.2, 0) is 0 Å². The second kappa shape index (κ2) is 6.25. The molecule has 4 heteroatoms. The zero-order valence-electron chi connectivity index (χ0n) is 10.4. The third-order valence-electron chi connectivity index (χ3n) is 2.57. The molecule has 1 aromatic heterocycles. The lowest BCUT2D eigenvalue weighted by Crippen LogP contribution is -2.05. The summed E-state index contributed by atoms with van der Waals surface area (Å²) >= 11 is 5.32. The van der Waals surface area contributed by atoms with Gasteiger partial charge >= 0.3 is 0 Å². The molecule has 2 nitrogen and oxygen atoms in total. The molecule has 0 aliphatic heterocycles. The molecule has 1 heterocycles. The van der Waals surface area contributed by atoms with Gasteiger partial charge in [0.25, 0.3) is 0 Å². The Hall–Kier alpha value is -1.00. The van der Waals surface area contributed by atoms with Gasteiger partial charge in [0.2, 0.25) is 0 Å². The number of nitrogens with one attached hydrogen (secondary N) is 1. The summed E-state index contributed by atoms with van der Waals surface area (Å²) in [6.07, 6.45) is 0. The first kappa shape index (κ1) is 13.4. The van der Waals surface area contributed by atoms with Gasteiger partial charge in [-0.15, -0.1) is 11.3 Å². The number of benzene rings is 1. The second-order valence-electron chi connectivity index (χ2n) is 3.96. The molecule has 0 saturated heterocycles. The fraction of sp³-hybridized carbons (Fsp3) is 0.286. The van der Waals surface area contributed by atoms with Gasteiger partial charge in [-0.2, -0.15) is 0 Å². The molecule has 0 saturated carbocycles. The van der Waals surface area contributed by atoms with E-state index in [1.54, 1.807) is 11.3 Å². The van der Waals surface area contributed by atoms with Crippen LogP contribution in [0.25, 0.3) is 0 Å². The van der Waals surface area contributed by atoms with Crippen molar-refractivity contribution >= 4 is 33.0 Å². The molecular formula is C14H16BrNOS. The van der Waals surface area contributed by atoms with Crippen LogP contribution in [0, 0.1) is 0 Å². The first-order valence-corrected chi connectivity index (χ1v) is 7.60. The molecule has 0 spiro atoms. The summed E-state index contributed by atoms with van der Waals surface area (Å²) in [5.74, 6) is 0.903. The molecule has 1 atom stereocenters. The second-order valence-corrected chi connectivity index (χ2v) is 5.76. The maximum absolute atomic E-state index is 5.50. The van der Waals surface area contributed by atoms with Crippen molar-refractivity contribution in [1.29, 1.82) is 0 Å². The van der Waals surface area contributed by atoms with Gasteiger partial charge in [-0.3, -0.25) is 0 Å². The van der Waals surface area contributed by atoms with E-state index in [-0.39, 0.29) is 6.04 Å². The van der Waals surface area contributed by atoms with Crippen LogP contribution in [0.2, 0.25) is 0 Å². The van der Waals surface area contributed by atoms with Crippen molar-refractivity contribution in [3.8, 4) is 5.75 Å². The van der Waals surface area contributed by atoms with Crippen LogP contribution in [0.15, 0.2) is 40.2 Å². The normalized spacial score (nSPS) is 12.2. The standard InChI is InChI=1S/C14H16BrNOS/c1-3-17-12-6-4-5-11(9-12)16-10(2)14-13(15)7-8-18-14/h4-10,16H,3H2,1-2H3. The van der Waals surface area contributed by atoms with E-state index < -0.39 is 0 Å². The third kappa shape index (κ3) is 3.27. The lowest BCUT2D eigenvalue weighted by atomic mass is 10.2. The Morgan fingerprint density at radius 1 is 1.39 bits per heavy atom. The van der Waals surface area contributed by atoms with E-state index in [9.17, 15) is 0 Å². The van der Waals surface area contributed by atoms with Crippen molar-refractivity contribution < 1.29 is 4.74 Å². The van der Waals surface area contributed by atoms with E-state index in [2.05, 4.69) is 45.7 Å². The predicted octanol–water partition coefficient (Wildman–Crippen LogP) is 5.08. The molecule has 18 heavy (non-hydrogen) atoms. The Balaban J connectivity index is 2.09. The molecule has 0 aliphatic rings. The molecule has 0 amide bonds. The quantitative estimate of drug-likeness (QED) is 0.827. The van der Waals surface area contributed by atoms with Gasteiger partial charge in [0.15, 0.2) is 0 Å². The van der Waals surface area contributed by atoms with E-state index in [4.69, 9.17) is 4.74 Å². The summed E-state index contributed by atoms with van der Waals surface area (Å²) in [7, 11) is 0. The average Bonchev–Trinajstić information content (AvgIpc) is 2.76. The van der Waals surface area contributed by atoms with Crippen molar-refractivity contribution in [1.82, 2.24) is 0 Å². The highest BCUT2D eigenvalue weighted by molar-refractivity contribution is 9.10. The summed E-state index contributed by atoms with van der Waals surface area (Å²) in [5.41, 5.74) is 1.08. The van der Waals surface area contributed by atoms with Crippen LogP contribution in [0.4, 0.5) is 5.69 Å². The Labute approximate surface area is 120 Å². The lowest BCUT2D eigenvalue weighted by Gasteiger charge is -2.15. The van der Waals surface area contributed by atoms with Gasteiger partial charge in [-0.05, 0) is 53.4 Å². The Morgan fingerprint density at radius 2 is 2.22 bits per heavy atom. The summed E-state index contributed by atoms with van der Waals surface area (Å²) in [6, 6.07) is 10.4. The fourth-order valence-electron chi connectivity index (χ4n) is 1.77. The largest absolute Gasteiger partial charge is 0.494 e. The van der Waals surface area contributed by atoms with Crippen LogP contribution < -0.4 is 10.1 Å². The van der Waals surface area contributed by atoms with Crippen LogP contribution in [0.1, 0.15) is 24.8 Å². The minimum absolute atomic E-state index is 0.274. The van der Waals surface area contributed by atoms with Crippen LogP contribution >= 0.6 is 27.3 Å². The SMILES string of the molecule is CCOc1cccc(NC(C)c2sccc2Br)c1. The topological polar surface area (TPSA) is 21.3 Å². The van der Waals surface area contributed by atoms with Crippen molar-refractivity contribution in [2.45, 2.75) is 19.9 Å². The monoisotopic (exact) mass is 325 g/mol. The molecule has 0 radical (unpaired) electrons. The maximum atomic E-state index is 5.50. The number of halogens is 1. The molecule has 0 aliphatic carbocycles. The van der Waals surface area contributed by atoms with Crippen molar-refractivity contribution in [2.75, 3.05) is 11.9 Å². The molecule has 1 aromatic carbocycles. The van der Waals surface area contributed by atoms with Gasteiger partial charge in [-0.1, -0.05) is 6.07 Å². The number of anilines is 1. The molecular weight excluding hydrogens is 310 g/mol. The number of rotatable bonds is 5. The zero-order chi connectivity index (χ0) is 13.0. The van der Waals surface area contributed by atoms with E-state index in [0.29, 0.717) is 6.61 Å². The number of thiophene rings is 1. The number of hydrogen-bond donors (Lipinski definition) is 1. The average molecular weight is 326 g/mol. The summed E-state index contributed by atoms with van der Waals surface area (Å²) < 4.78 is 6.66. The first-order valence-electron chi connectivity index (χ1n) is 5.93. The smallest absolute Gasteiger partial charge is 0.121 e. The van der Waals surface area contributed by atoms with E-state index in [0.717, 1.165) is 15.9 Å². The van der Waals surface area contributed by atoms with Crippen LogP contribution in [-0.4, -0.2) is 6.61 Å². The van der Waals surface area contributed by atoms with Gasteiger partial charge in [0.05, 0.1) is 12.6 Å². The van der Waals surface area contributed by atoms with E-state index in [1.807, 2.05) is 25.1 Å². The van der Waals surface area contributed by atoms with Crippen LogP contribution in [0.5, 0.6) is 5.75 Å². The number of hydrogen-bond acceptors (Lipinski definition) is 3. The van der Waals surface area contributed by atoms with Crippen LogP contribution in [0.3, 0.4) is 0 Å². The zero-order valence-corrected chi connectivity index (χ0v) is 12.8. The Morgan fingerprint density at radius 3 is 2.89 bits per heavy atom. The minimum atomic E-state index is 0.274. The number of ether oxygens (including phenoxy) is 1. The molecule has 2 aromatic rings. The first-order chi connectivity index (χ1) is 8.70. The molecule has 0 fully saturated rings. The summed E-state index contributed by atoms with van der Waals surface area (Å²) in [5, 5.41) is 5.58. The highest BCUT2D eigenvalue weighted by atomic mass is 79.9. The maximum Gasteiger partial charge on any atom is 0.121 e. The van der Waals surface area contributed by atoms with E-state index >= 15 is 0 Å². The third-order valence-corrected chi connectivity index (χ3v) is 4.62. The Kier molecular flexibility index (Phi) is 4.66. The lowest BCUT2D eigenvalue weighted by molar-refractivity contribution is 0.340. The molecule has 2 rings (SSSR count). The van der Waals surface area contributed by atoms with E-state index in [1.165, 1.54) is 4.88 Å². The molecule has 0 bridgehead atoms. The summed E-state index contributed by atoms with van der Waals surface area (Å²) in [4.78, 5) is 1.30. The van der Waals surface area contributed by atoms with Crippen molar-refractivity contribution in [2.24, 2.45) is 0 Å². The van der Waals surface area contributed by atoms with Gasteiger partial charge in [0, 0.05) is 21.1 Å². The molecule has 1 N–H and O–H groups in total. The minimum Gasteiger partial charge on any atom is -0.494 e. The highest BCUT2D eigenvalue weighted by Crippen LogP contribution is 2.31. The highest BCUT2D eigenvalue weighted by Gasteiger charge is 2.10. The molecule has 1 unspecified atom stereocenters. The summed E-state index contributed by atoms with van der Waals surface area (Å²) in [6.45, 7) is 4.84. The van der Waals surface area contributed by atoms with Crippen molar-refractivity contribution in [3.05, 3.63) is 45.1 Å². The fourth-order valence-corrected chi connectivity index (χ4v) is 3.50. The van der Waals surface area contributed by atoms with Gasteiger partial charge in [0.1, 0.15) is 5.75 Å².